The number of para-hydroxylation sites is 2. The van der Waals surface area contributed by atoms with Crippen LogP contribution in [0.4, 0.5) is 5.69 Å². The van der Waals surface area contributed by atoms with Crippen LogP contribution in [0.25, 0.3) is 0 Å². The van der Waals surface area contributed by atoms with Crippen molar-refractivity contribution in [2.45, 2.75) is 18.9 Å². The number of aromatic nitrogens is 1. The lowest BCUT2D eigenvalue weighted by Gasteiger charge is -2.26. The van der Waals surface area contributed by atoms with Gasteiger partial charge in [-0.15, -0.1) is 0 Å². The molecule has 0 radical (unpaired) electrons. The number of nitrogen functional groups attached to an aromatic ring is 1. The second-order valence-electron chi connectivity index (χ2n) is 6.21. The lowest BCUT2D eigenvalue weighted by molar-refractivity contribution is 0.0851. The Balaban J connectivity index is 1.31. The first kappa shape index (κ1) is 16.3. The summed E-state index contributed by atoms with van der Waals surface area (Å²) in [5.41, 5.74) is 7.47. The number of rotatable bonds is 5. The van der Waals surface area contributed by atoms with E-state index in [1.165, 1.54) is 5.56 Å². The molecule has 1 aromatic heterocycles. The van der Waals surface area contributed by atoms with E-state index < -0.39 is 0 Å². The molecule has 3 aromatic rings. The molecule has 5 heteroatoms. The van der Waals surface area contributed by atoms with E-state index in [2.05, 4.69) is 17.1 Å². The Labute approximate surface area is 152 Å². The molecule has 0 saturated heterocycles. The lowest BCUT2D eigenvalue weighted by Crippen LogP contribution is -2.29. The highest BCUT2D eigenvalue weighted by Crippen LogP contribution is 2.32. The van der Waals surface area contributed by atoms with Crippen LogP contribution in [0.1, 0.15) is 12.0 Å². The van der Waals surface area contributed by atoms with Crippen LogP contribution < -0.4 is 19.9 Å². The number of aryl methyl sites for hydroxylation is 1. The largest absolute Gasteiger partial charge is 0.486 e. The Hall–Kier alpha value is -3.21. The second kappa shape index (κ2) is 7.35. The molecule has 4 rings (SSSR count). The fourth-order valence-electron chi connectivity index (χ4n) is 2.83. The maximum absolute atomic E-state index is 6.00. The summed E-state index contributed by atoms with van der Waals surface area (Å²) < 4.78 is 17.5. The third kappa shape index (κ3) is 3.88. The van der Waals surface area contributed by atoms with E-state index in [-0.39, 0.29) is 6.10 Å². The highest BCUT2D eigenvalue weighted by molar-refractivity contribution is 5.41. The van der Waals surface area contributed by atoms with E-state index in [9.17, 15) is 0 Å². The van der Waals surface area contributed by atoms with Gasteiger partial charge in [0.25, 0.3) is 0 Å². The molecule has 5 nitrogen and oxygen atoms in total. The van der Waals surface area contributed by atoms with Crippen LogP contribution in [0, 0.1) is 0 Å². The van der Waals surface area contributed by atoms with Crippen molar-refractivity contribution in [3.63, 3.8) is 0 Å². The highest BCUT2D eigenvalue weighted by atomic mass is 16.6. The third-order valence-electron chi connectivity index (χ3n) is 4.23. The second-order valence-corrected chi connectivity index (χ2v) is 6.21. The van der Waals surface area contributed by atoms with Crippen LogP contribution in [-0.2, 0) is 6.42 Å². The van der Waals surface area contributed by atoms with Crippen molar-refractivity contribution in [1.29, 1.82) is 0 Å². The fraction of sp³-hybridized carbons (Fsp3) is 0.190. The molecule has 0 amide bonds. The monoisotopic (exact) mass is 348 g/mol. The number of anilines is 1. The summed E-state index contributed by atoms with van der Waals surface area (Å²) in [5, 5.41) is 0. The molecule has 0 bridgehead atoms. The minimum absolute atomic E-state index is 0.0693. The first-order valence-corrected chi connectivity index (χ1v) is 8.63. The lowest BCUT2D eigenvalue weighted by atomic mass is 10.1. The molecule has 1 atom stereocenters. The van der Waals surface area contributed by atoms with E-state index in [0.717, 1.165) is 30.1 Å². The van der Waals surface area contributed by atoms with Gasteiger partial charge in [0.1, 0.15) is 18.5 Å². The summed E-state index contributed by atoms with van der Waals surface area (Å²) in [6.07, 6.45) is 3.46. The van der Waals surface area contributed by atoms with E-state index in [1.807, 2.05) is 36.4 Å². The third-order valence-corrected chi connectivity index (χ3v) is 4.23. The van der Waals surface area contributed by atoms with Crippen molar-refractivity contribution < 1.29 is 14.2 Å². The van der Waals surface area contributed by atoms with Gasteiger partial charge < -0.3 is 19.9 Å². The number of ether oxygens (including phenoxy) is 3. The average Bonchev–Trinajstić information content (AvgIpc) is 2.69. The summed E-state index contributed by atoms with van der Waals surface area (Å²) in [5.74, 6) is 2.92. The normalized spacial score (nSPS) is 15.5. The number of fused-ring (bicyclic) bond motifs is 1. The molecule has 132 valence electrons. The Kier molecular flexibility index (Phi) is 4.60. The quantitative estimate of drug-likeness (QED) is 0.747. The van der Waals surface area contributed by atoms with Gasteiger partial charge in [0.05, 0.1) is 11.9 Å². The molecule has 0 spiro atoms. The molecule has 2 aromatic carbocycles. The van der Waals surface area contributed by atoms with Crippen LogP contribution in [0.2, 0.25) is 0 Å². The van der Waals surface area contributed by atoms with Crippen LogP contribution >= 0.6 is 0 Å². The maximum atomic E-state index is 6.00. The number of hydrogen-bond acceptors (Lipinski definition) is 5. The molecule has 0 saturated carbocycles. The molecule has 0 aliphatic carbocycles. The molecular formula is C21H20N2O3. The van der Waals surface area contributed by atoms with Gasteiger partial charge in [0.15, 0.2) is 11.5 Å². The molecule has 1 aliphatic rings. The van der Waals surface area contributed by atoms with Gasteiger partial charge in [-0.2, -0.15) is 0 Å². The predicted molar refractivity (Wildman–Crippen MR) is 99.8 cm³/mol. The molecule has 1 aliphatic heterocycles. The summed E-state index contributed by atoms with van der Waals surface area (Å²) in [6.45, 7) is 0.584. The fourth-order valence-corrected chi connectivity index (χ4v) is 2.83. The molecule has 1 unspecified atom stereocenters. The predicted octanol–water partition coefficient (Wildman–Crippen LogP) is 4.23. The SMILES string of the molecule is Nc1ccc(Oc2ccc(CCC3COc4ccccc4O3)cc2)nc1. The van der Waals surface area contributed by atoms with Crippen molar-refractivity contribution in [2.75, 3.05) is 12.3 Å². The standard InChI is InChI=1S/C21H20N2O3/c22-16-8-12-21(23-13-16)26-17-9-5-15(6-10-17)7-11-18-14-24-19-3-1-2-4-20(19)25-18/h1-6,8-10,12-13,18H,7,11,14,22H2. The minimum atomic E-state index is 0.0693. The van der Waals surface area contributed by atoms with Crippen LogP contribution in [0.5, 0.6) is 23.1 Å². The van der Waals surface area contributed by atoms with Crippen molar-refractivity contribution in [3.8, 4) is 23.1 Å². The van der Waals surface area contributed by atoms with Crippen LogP contribution in [-0.4, -0.2) is 17.7 Å². The number of hydrogen-bond donors (Lipinski definition) is 1. The Morgan fingerprint density at radius 2 is 1.81 bits per heavy atom. The molecule has 2 N–H and O–H groups in total. The topological polar surface area (TPSA) is 66.6 Å². The Bertz CT molecular complexity index is 863. The summed E-state index contributed by atoms with van der Waals surface area (Å²) in [4.78, 5) is 4.13. The van der Waals surface area contributed by atoms with Crippen molar-refractivity contribution in [1.82, 2.24) is 4.98 Å². The van der Waals surface area contributed by atoms with E-state index >= 15 is 0 Å². The van der Waals surface area contributed by atoms with Crippen molar-refractivity contribution >= 4 is 5.69 Å². The van der Waals surface area contributed by atoms with E-state index in [4.69, 9.17) is 19.9 Å². The van der Waals surface area contributed by atoms with Gasteiger partial charge in [-0.3, -0.25) is 0 Å². The maximum Gasteiger partial charge on any atom is 0.219 e. The van der Waals surface area contributed by atoms with Crippen LogP contribution in [0.15, 0.2) is 66.9 Å². The Morgan fingerprint density at radius 1 is 1.00 bits per heavy atom. The van der Waals surface area contributed by atoms with Crippen molar-refractivity contribution in [2.24, 2.45) is 0 Å². The molecule has 2 heterocycles. The molecular weight excluding hydrogens is 328 g/mol. The first-order chi connectivity index (χ1) is 12.8. The van der Waals surface area contributed by atoms with E-state index in [0.29, 0.717) is 18.2 Å². The van der Waals surface area contributed by atoms with Gasteiger partial charge in [0.2, 0.25) is 5.88 Å². The number of nitrogens with two attached hydrogens (primary N) is 1. The zero-order valence-electron chi connectivity index (χ0n) is 14.3. The van der Waals surface area contributed by atoms with Gasteiger partial charge in [-0.1, -0.05) is 24.3 Å². The van der Waals surface area contributed by atoms with Gasteiger partial charge in [-0.25, -0.2) is 4.98 Å². The van der Waals surface area contributed by atoms with Gasteiger partial charge in [0, 0.05) is 6.07 Å². The van der Waals surface area contributed by atoms with Gasteiger partial charge >= 0.3 is 0 Å². The smallest absolute Gasteiger partial charge is 0.219 e. The zero-order chi connectivity index (χ0) is 17.8. The first-order valence-electron chi connectivity index (χ1n) is 8.63. The average molecular weight is 348 g/mol. The molecule has 26 heavy (non-hydrogen) atoms. The Morgan fingerprint density at radius 3 is 2.58 bits per heavy atom. The minimum Gasteiger partial charge on any atom is -0.486 e. The molecule has 0 fully saturated rings. The van der Waals surface area contributed by atoms with Crippen molar-refractivity contribution in [3.05, 3.63) is 72.4 Å². The zero-order valence-corrected chi connectivity index (χ0v) is 14.3. The number of nitrogens with zero attached hydrogens (tertiary/aromatic N) is 1. The summed E-state index contributed by atoms with van der Waals surface area (Å²) in [7, 11) is 0. The highest BCUT2D eigenvalue weighted by Gasteiger charge is 2.20. The summed E-state index contributed by atoms with van der Waals surface area (Å²) in [6, 6.07) is 19.3. The number of pyridine rings is 1. The van der Waals surface area contributed by atoms with Crippen LogP contribution in [0.3, 0.4) is 0 Å². The van der Waals surface area contributed by atoms with Gasteiger partial charge in [-0.05, 0) is 48.7 Å². The number of benzene rings is 2. The van der Waals surface area contributed by atoms with E-state index in [1.54, 1.807) is 18.3 Å². The summed E-state index contributed by atoms with van der Waals surface area (Å²) >= 11 is 0.